The first-order chi connectivity index (χ1) is 8.01. The van der Waals surface area contributed by atoms with Crippen molar-refractivity contribution in [1.29, 1.82) is 0 Å². The third-order valence-electron chi connectivity index (χ3n) is 2.11. The monoisotopic (exact) mass is 281 g/mol. The molecule has 0 aliphatic heterocycles. The third kappa shape index (κ3) is 7.94. The average molecular weight is 281 g/mol. The van der Waals surface area contributed by atoms with Crippen LogP contribution in [0, 0.1) is 0 Å². The second-order valence-electron chi connectivity index (χ2n) is 3.64. The normalized spacial score (nSPS) is 10.6. The van der Waals surface area contributed by atoms with Crippen LogP contribution in [0.25, 0.3) is 0 Å². The predicted molar refractivity (Wildman–Crippen MR) is 64.8 cm³/mol. The number of anilines is 1. The van der Waals surface area contributed by atoms with Crippen LogP contribution in [0.1, 0.15) is 26.2 Å². The molecule has 0 unspecified atom stereocenters. The topological polar surface area (TPSA) is 78.5 Å². The molecule has 5 nitrogen and oxygen atoms in total. The number of hydrogen-bond donors (Lipinski definition) is 1. The van der Waals surface area contributed by atoms with Crippen molar-refractivity contribution in [3.8, 4) is 5.75 Å². The minimum absolute atomic E-state index is 0. The summed E-state index contributed by atoms with van der Waals surface area (Å²) in [6.07, 6.45) is 3.24. The zero-order valence-electron chi connectivity index (χ0n) is 10.7. The van der Waals surface area contributed by atoms with Crippen molar-refractivity contribution in [3.05, 3.63) is 24.3 Å². The molecule has 0 spiro atoms. The van der Waals surface area contributed by atoms with E-state index in [1.54, 1.807) is 12.1 Å². The number of ether oxygens (including phenoxy) is 1. The van der Waals surface area contributed by atoms with E-state index >= 15 is 0 Å². The van der Waals surface area contributed by atoms with Gasteiger partial charge in [0.05, 0.1) is 6.61 Å². The van der Waals surface area contributed by atoms with Gasteiger partial charge in [-0.15, -0.1) is 0 Å². The van der Waals surface area contributed by atoms with Gasteiger partial charge in [-0.25, -0.2) is 8.42 Å². The van der Waals surface area contributed by atoms with Crippen LogP contribution in [-0.4, -0.2) is 19.6 Å². The Morgan fingerprint density at radius 1 is 1.22 bits per heavy atom. The van der Waals surface area contributed by atoms with E-state index in [2.05, 4.69) is 6.92 Å². The molecular weight excluding hydrogens is 265 g/mol. The van der Waals surface area contributed by atoms with Gasteiger partial charge < -0.3 is 9.29 Å². The van der Waals surface area contributed by atoms with Gasteiger partial charge in [0.2, 0.25) is 0 Å². The van der Waals surface area contributed by atoms with Crippen molar-refractivity contribution in [2.75, 3.05) is 11.3 Å². The van der Waals surface area contributed by atoms with Gasteiger partial charge >= 0.3 is 29.6 Å². The molecule has 0 amide bonds. The second kappa shape index (κ2) is 8.77. The van der Waals surface area contributed by atoms with Gasteiger partial charge in [0.1, 0.15) is 5.75 Å². The fraction of sp³-hybridized carbons (Fsp3) is 0.455. The summed E-state index contributed by atoms with van der Waals surface area (Å²) in [5.41, 5.74) is 0.237. The van der Waals surface area contributed by atoms with Crippen molar-refractivity contribution in [2.45, 2.75) is 26.2 Å². The Morgan fingerprint density at radius 2 is 1.83 bits per heavy atom. The van der Waals surface area contributed by atoms with Gasteiger partial charge in [-0.1, -0.05) is 19.8 Å². The summed E-state index contributed by atoms with van der Waals surface area (Å²) < 4.78 is 38.6. The van der Waals surface area contributed by atoms with Crippen LogP contribution >= 0.6 is 0 Å². The van der Waals surface area contributed by atoms with Gasteiger partial charge in [-0.3, -0.25) is 4.72 Å². The van der Waals surface area contributed by atoms with E-state index in [1.807, 2.05) is 4.72 Å². The molecule has 1 N–H and O–H groups in total. The smallest absolute Gasteiger partial charge is 0.731 e. The van der Waals surface area contributed by atoms with Crippen LogP contribution in [0.3, 0.4) is 0 Å². The van der Waals surface area contributed by atoms with Gasteiger partial charge in [0.15, 0.2) is 10.3 Å². The van der Waals surface area contributed by atoms with Crippen LogP contribution in [0.15, 0.2) is 24.3 Å². The molecule has 7 heteroatoms. The summed E-state index contributed by atoms with van der Waals surface area (Å²) in [7, 11) is -4.46. The Labute approximate surface area is 130 Å². The summed E-state index contributed by atoms with van der Waals surface area (Å²) in [6.45, 7) is 2.75. The molecule has 0 saturated carbocycles. The number of hydrogen-bond acceptors (Lipinski definition) is 4. The molecule has 18 heavy (non-hydrogen) atoms. The van der Waals surface area contributed by atoms with E-state index in [4.69, 9.17) is 4.74 Å². The maximum atomic E-state index is 10.4. The SMILES string of the molecule is CCCCCOc1ccc(NS(=O)(=O)[O-])cc1.[Na+]. The van der Waals surface area contributed by atoms with Crippen molar-refractivity contribution < 1.29 is 47.3 Å². The first kappa shape index (κ1) is 17.7. The Hall–Kier alpha value is -0.270. The molecule has 1 aromatic carbocycles. The number of nitrogens with one attached hydrogen (secondary N) is 1. The first-order valence-electron chi connectivity index (χ1n) is 5.48. The molecule has 0 atom stereocenters. The molecule has 0 bridgehead atoms. The standard InChI is InChI=1S/C11H17NO4S.Na/c1-2-3-4-9-16-11-7-5-10(6-8-11)12-17(13,14)15;/h5-8,12H,2-4,9H2,1H3,(H,13,14,15);/q;+1/p-1. The number of rotatable bonds is 7. The Morgan fingerprint density at radius 3 is 2.33 bits per heavy atom. The largest absolute Gasteiger partial charge is 1.00 e. The van der Waals surface area contributed by atoms with Crippen molar-refractivity contribution in [1.82, 2.24) is 0 Å². The Balaban J connectivity index is 0.00000289. The Kier molecular flexibility index (Phi) is 8.64. The molecule has 0 aliphatic rings. The fourth-order valence-corrected chi connectivity index (χ4v) is 1.73. The molecular formula is C11H16NNaO4S. The summed E-state index contributed by atoms with van der Waals surface area (Å²) in [5, 5.41) is 0. The van der Waals surface area contributed by atoms with Gasteiger partial charge in [-0.2, -0.15) is 0 Å². The van der Waals surface area contributed by atoms with E-state index < -0.39 is 10.3 Å². The number of benzene rings is 1. The molecule has 0 saturated heterocycles. The molecule has 1 aromatic rings. The zero-order valence-corrected chi connectivity index (χ0v) is 13.5. The van der Waals surface area contributed by atoms with Crippen molar-refractivity contribution in [3.63, 3.8) is 0 Å². The van der Waals surface area contributed by atoms with E-state index in [-0.39, 0.29) is 35.2 Å². The third-order valence-corrected chi connectivity index (χ3v) is 2.60. The summed E-state index contributed by atoms with van der Waals surface area (Å²) in [5.74, 6) is 0.662. The van der Waals surface area contributed by atoms with Crippen molar-refractivity contribution in [2.24, 2.45) is 0 Å². The van der Waals surface area contributed by atoms with Gasteiger partial charge in [0, 0.05) is 5.69 Å². The molecule has 0 fully saturated rings. The molecule has 96 valence electrons. The van der Waals surface area contributed by atoms with Crippen LogP contribution in [0.4, 0.5) is 5.69 Å². The fourth-order valence-electron chi connectivity index (χ4n) is 1.31. The molecule has 0 heterocycles. The molecule has 1 rings (SSSR count). The minimum Gasteiger partial charge on any atom is -0.731 e. The predicted octanol–water partition coefficient (Wildman–Crippen LogP) is -0.868. The molecule has 0 aromatic heterocycles. The quantitative estimate of drug-likeness (QED) is 0.400. The summed E-state index contributed by atoms with van der Waals surface area (Å²) in [6, 6.07) is 6.23. The maximum Gasteiger partial charge on any atom is 1.00 e. The van der Waals surface area contributed by atoms with Crippen LogP contribution in [0.2, 0.25) is 0 Å². The summed E-state index contributed by atoms with van der Waals surface area (Å²) in [4.78, 5) is 0. The Bertz CT molecular complexity index is 433. The molecule has 0 aliphatic carbocycles. The number of unbranched alkanes of at least 4 members (excludes halogenated alkanes) is 2. The second-order valence-corrected chi connectivity index (χ2v) is 4.75. The van der Waals surface area contributed by atoms with E-state index in [0.717, 1.165) is 19.3 Å². The molecule has 0 radical (unpaired) electrons. The minimum atomic E-state index is -4.46. The van der Waals surface area contributed by atoms with Crippen LogP contribution in [0.5, 0.6) is 5.75 Å². The van der Waals surface area contributed by atoms with Gasteiger partial charge in [0.25, 0.3) is 0 Å². The van der Waals surface area contributed by atoms with Crippen molar-refractivity contribution >= 4 is 16.0 Å². The van der Waals surface area contributed by atoms with E-state index in [9.17, 15) is 13.0 Å². The van der Waals surface area contributed by atoms with E-state index in [0.29, 0.717) is 12.4 Å². The first-order valence-corrected chi connectivity index (χ1v) is 6.88. The van der Waals surface area contributed by atoms with Crippen LogP contribution in [-0.2, 0) is 10.3 Å². The zero-order chi connectivity index (χ0) is 12.7. The van der Waals surface area contributed by atoms with E-state index in [1.165, 1.54) is 12.1 Å². The summed E-state index contributed by atoms with van der Waals surface area (Å²) >= 11 is 0. The van der Waals surface area contributed by atoms with Crippen LogP contribution < -0.4 is 39.0 Å². The average Bonchev–Trinajstić information content (AvgIpc) is 2.25. The maximum absolute atomic E-state index is 10.4. The van der Waals surface area contributed by atoms with Gasteiger partial charge in [-0.05, 0) is 30.7 Å².